The van der Waals surface area contributed by atoms with Gasteiger partial charge in [-0.1, -0.05) is 0 Å². The molecule has 1 aromatic rings. The van der Waals surface area contributed by atoms with Crippen molar-refractivity contribution in [3.63, 3.8) is 0 Å². The van der Waals surface area contributed by atoms with Crippen molar-refractivity contribution in [1.82, 2.24) is 14.7 Å². The molecule has 0 aromatic carbocycles. The Hall–Kier alpha value is -1.44. The Balaban J connectivity index is 1.59. The second-order valence-electron chi connectivity index (χ2n) is 6.88. The number of ether oxygens (including phenoxy) is 3. The molecule has 0 bridgehead atoms. The fourth-order valence-electron chi connectivity index (χ4n) is 3.90. The molecule has 1 fully saturated rings. The standard InChI is InChI=1S/C18H29N3O4/c1-20(15-11-25-12-16(23-2)18(15)24-3)17(22)8-9-21-14-7-5-4-6-13(14)10-19-21/h10,15-16,18H,4-9,11-12H2,1-3H3/t15-,16-,18+/m1/s1. The van der Waals surface area contributed by atoms with Gasteiger partial charge in [0, 0.05) is 39.9 Å². The Morgan fingerprint density at radius 2 is 2.12 bits per heavy atom. The highest BCUT2D eigenvalue weighted by molar-refractivity contribution is 5.76. The number of carbonyl (C=O) groups excluding carboxylic acids is 1. The second kappa shape index (κ2) is 8.29. The lowest BCUT2D eigenvalue weighted by molar-refractivity contribution is -0.164. The number of aryl methyl sites for hydroxylation is 2. The molecule has 0 N–H and O–H groups in total. The van der Waals surface area contributed by atoms with Crippen LogP contribution < -0.4 is 0 Å². The average Bonchev–Trinajstić information content (AvgIpc) is 3.07. The summed E-state index contributed by atoms with van der Waals surface area (Å²) in [7, 11) is 5.12. The highest BCUT2D eigenvalue weighted by Gasteiger charge is 2.38. The normalized spacial score (nSPS) is 26.3. The molecule has 7 heteroatoms. The van der Waals surface area contributed by atoms with E-state index in [2.05, 4.69) is 5.10 Å². The SMILES string of the molecule is CO[C@H]1[C@H](N(C)C(=O)CCn2ncc3c2CCCC3)COC[C@H]1OC. The molecule has 25 heavy (non-hydrogen) atoms. The van der Waals surface area contributed by atoms with Gasteiger partial charge in [-0.05, 0) is 31.2 Å². The molecular formula is C18H29N3O4. The molecule has 3 atom stereocenters. The van der Waals surface area contributed by atoms with Crippen LogP contribution in [0.1, 0.15) is 30.5 Å². The molecule has 1 aliphatic carbocycles. The first-order valence-electron chi connectivity index (χ1n) is 9.08. The van der Waals surface area contributed by atoms with Crippen LogP contribution in [-0.2, 0) is 38.4 Å². The Bertz CT molecular complexity index is 589. The lowest BCUT2D eigenvalue weighted by Crippen LogP contribution is -2.57. The van der Waals surface area contributed by atoms with E-state index in [1.165, 1.54) is 24.1 Å². The van der Waals surface area contributed by atoms with Crippen molar-refractivity contribution < 1.29 is 19.0 Å². The van der Waals surface area contributed by atoms with Crippen LogP contribution in [0.2, 0.25) is 0 Å². The van der Waals surface area contributed by atoms with Crippen LogP contribution in [0, 0.1) is 0 Å². The molecule has 0 radical (unpaired) electrons. The van der Waals surface area contributed by atoms with Gasteiger partial charge in [-0.15, -0.1) is 0 Å². The average molecular weight is 351 g/mol. The van der Waals surface area contributed by atoms with E-state index in [0.29, 0.717) is 26.2 Å². The molecule has 1 amide bonds. The van der Waals surface area contributed by atoms with Gasteiger partial charge in [0.1, 0.15) is 12.2 Å². The largest absolute Gasteiger partial charge is 0.376 e. The first-order valence-corrected chi connectivity index (χ1v) is 9.08. The third-order valence-electron chi connectivity index (χ3n) is 5.46. The zero-order valence-electron chi connectivity index (χ0n) is 15.4. The van der Waals surface area contributed by atoms with Crippen molar-refractivity contribution in [2.45, 2.75) is 56.9 Å². The van der Waals surface area contributed by atoms with Gasteiger partial charge in [0.25, 0.3) is 0 Å². The third-order valence-corrected chi connectivity index (χ3v) is 5.46. The van der Waals surface area contributed by atoms with Gasteiger partial charge in [0.05, 0.1) is 25.5 Å². The number of hydrogen-bond acceptors (Lipinski definition) is 5. The van der Waals surface area contributed by atoms with Crippen molar-refractivity contribution in [1.29, 1.82) is 0 Å². The minimum Gasteiger partial charge on any atom is -0.376 e. The van der Waals surface area contributed by atoms with Gasteiger partial charge >= 0.3 is 0 Å². The summed E-state index contributed by atoms with van der Waals surface area (Å²) in [6, 6.07) is -0.136. The van der Waals surface area contributed by atoms with E-state index in [1.54, 1.807) is 19.1 Å². The number of methoxy groups -OCH3 is 2. The number of nitrogens with zero attached hydrogens (tertiary/aromatic N) is 3. The van der Waals surface area contributed by atoms with Gasteiger partial charge in [-0.2, -0.15) is 5.10 Å². The van der Waals surface area contributed by atoms with Crippen LogP contribution in [0.4, 0.5) is 0 Å². The fourth-order valence-corrected chi connectivity index (χ4v) is 3.90. The van der Waals surface area contributed by atoms with E-state index in [-0.39, 0.29) is 24.2 Å². The molecule has 0 unspecified atom stereocenters. The van der Waals surface area contributed by atoms with Gasteiger partial charge < -0.3 is 19.1 Å². The minimum atomic E-state index is -0.176. The van der Waals surface area contributed by atoms with E-state index in [9.17, 15) is 4.79 Å². The van der Waals surface area contributed by atoms with E-state index in [1.807, 2.05) is 17.9 Å². The molecular weight excluding hydrogens is 322 g/mol. The molecule has 1 saturated heterocycles. The first kappa shape index (κ1) is 18.4. The highest BCUT2D eigenvalue weighted by Crippen LogP contribution is 2.22. The fraction of sp³-hybridized carbons (Fsp3) is 0.778. The number of aromatic nitrogens is 2. The maximum atomic E-state index is 12.7. The van der Waals surface area contributed by atoms with E-state index < -0.39 is 0 Å². The number of rotatable bonds is 6. The molecule has 140 valence electrons. The van der Waals surface area contributed by atoms with E-state index in [4.69, 9.17) is 14.2 Å². The molecule has 1 aliphatic heterocycles. The number of amides is 1. The summed E-state index contributed by atoms with van der Waals surface area (Å²) >= 11 is 0. The molecule has 2 heterocycles. The summed E-state index contributed by atoms with van der Waals surface area (Å²) in [4.78, 5) is 14.4. The van der Waals surface area contributed by atoms with Crippen LogP contribution in [0.25, 0.3) is 0 Å². The van der Waals surface area contributed by atoms with Gasteiger partial charge in [-0.25, -0.2) is 0 Å². The predicted octanol–water partition coefficient (Wildman–Crippen LogP) is 1.04. The maximum Gasteiger partial charge on any atom is 0.224 e. The second-order valence-corrected chi connectivity index (χ2v) is 6.88. The van der Waals surface area contributed by atoms with Gasteiger partial charge in [0.2, 0.25) is 5.91 Å². The zero-order chi connectivity index (χ0) is 17.8. The lowest BCUT2D eigenvalue weighted by Gasteiger charge is -2.40. The zero-order valence-corrected chi connectivity index (χ0v) is 15.4. The quantitative estimate of drug-likeness (QED) is 0.766. The van der Waals surface area contributed by atoms with Crippen molar-refractivity contribution in [2.75, 3.05) is 34.5 Å². The van der Waals surface area contributed by atoms with Crippen LogP contribution in [0.15, 0.2) is 6.20 Å². The Kier molecular flexibility index (Phi) is 6.09. The molecule has 0 saturated carbocycles. The predicted molar refractivity (Wildman–Crippen MR) is 92.5 cm³/mol. The highest BCUT2D eigenvalue weighted by atomic mass is 16.6. The van der Waals surface area contributed by atoms with Crippen LogP contribution in [0.3, 0.4) is 0 Å². The number of fused-ring (bicyclic) bond motifs is 1. The smallest absolute Gasteiger partial charge is 0.224 e. The molecule has 7 nitrogen and oxygen atoms in total. The Morgan fingerprint density at radius 3 is 2.88 bits per heavy atom. The lowest BCUT2D eigenvalue weighted by atomic mass is 9.98. The summed E-state index contributed by atoms with van der Waals surface area (Å²) in [6.45, 7) is 1.59. The topological polar surface area (TPSA) is 65.8 Å². The maximum absolute atomic E-state index is 12.7. The summed E-state index contributed by atoms with van der Waals surface area (Å²) in [5.41, 5.74) is 2.65. The molecule has 1 aromatic heterocycles. The summed E-state index contributed by atoms with van der Waals surface area (Å²) < 4.78 is 18.6. The van der Waals surface area contributed by atoms with Gasteiger partial charge in [-0.3, -0.25) is 9.48 Å². The summed E-state index contributed by atoms with van der Waals surface area (Å²) in [6.07, 6.45) is 6.67. The van der Waals surface area contributed by atoms with Crippen LogP contribution in [0.5, 0.6) is 0 Å². The van der Waals surface area contributed by atoms with Crippen LogP contribution >= 0.6 is 0 Å². The summed E-state index contributed by atoms with van der Waals surface area (Å²) in [5, 5.41) is 4.47. The molecule has 0 spiro atoms. The Labute approximate surface area is 149 Å². The van der Waals surface area contributed by atoms with Crippen molar-refractivity contribution >= 4 is 5.91 Å². The van der Waals surface area contributed by atoms with Crippen molar-refractivity contribution in [2.24, 2.45) is 0 Å². The minimum absolute atomic E-state index is 0.0764. The molecule has 3 rings (SSSR count). The number of carbonyl (C=O) groups is 1. The number of hydrogen-bond donors (Lipinski definition) is 0. The molecule has 2 aliphatic rings. The third kappa shape index (κ3) is 3.88. The van der Waals surface area contributed by atoms with E-state index >= 15 is 0 Å². The van der Waals surface area contributed by atoms with Crippen LogP contribution in [-0.4, -0.2) is 73.3 Å². The van der Waals surface area contributed by atoms with Crippen molar-refractivity contribution in [3.05, 3.63) is 17.5 Å². The first-order chi connectivity index (χ1) is 12.2. The van der Waals surface area contributed by atoms with Gasteiger partial charge in [0.15, 0.2) is 0 Å². The Morgan fingerprint density at radius 1 is 1.32 bits per heavy atom. The monoisotopic (exact) mass is 351 g/mol. The summed E-state index contributed by atoms with van der Waals surface area (Å²) in [5.74, 6) is 0.0764. The number of likely N-dealkylation sites (N-methyl/N-ethyl adjacent to an activating group) is 1. The van der Waals surface area contributed by atoms with Crippen molar-refractivity contribution in [3.8, 4) is 0 Å². The van der Waals surface area contributed by atoms with E-state index in [0.717, 1.165) is 12.8 Å².